The number of nitrogens with zero attached hydrogens (tertiary/aromatic N) is 3. The van der Waals surface area contributed by atoms with Crippen LogP contribution in [-0.2, 0) is 26.2 Å². The minimum atomic E-state index is -4.16. The van der Waals surface area contributed by atoms with Gasteiger partial charge in [-0.2, -0.15) is 0 Å². The van der Waals surface area contributed by atoms with E-state index in [2.05, 4.69) is 5.32 Å². The number of anilines is 1. The van der Waals surface area contributed by atoms with E-state index in [1.165, 1.54) is 38.3 Å². The Hall–Kier alpha value is -3.74. The maximum Gasteiger partial charge on any atom is 0.271 e. The summed E-state index contributed by atoms with van der Waals surface area (Å²) in [6.07, 6.45) is 0.828. The average Bonchev–Trinajstić information content (AvgIpc) is 2.79. The summed E-state index contributed by atoms with van der Waals surface area (Å²) in [6.45, 7) is 3.77. The second kappa shape index (κ2) is 11.8. The first-order valence-corrected chi connectivity index (χ1v) is 12.7. The van der Waals surface area contributed by atoms with Gasteiger partial charge in [-0.05, 0) is 32.9 Å². The van der Waals surface area contributed by atoms with Crippen LogP contribution in [-0.4, -0.2) is 62.0 Å². The Labute approximate surface area is 209 Å². The van der Waals surface area contributed by atoms with E-state index in [4.69, 9.17) is 4.74 Å². The van der Waals surface area contributed by atoms with Crippen molar-refractivity contribution in [1.29, 1.82) is 0 Å². The second-order valence-electron chi connectivity index (χ2n) is 8.34. The number of methoxy groups -OCH3 is 1. The van der Waals surface area contributed by atoms with Gasteiger partial charge in [0, 0.05) is 30.3 Å². The van der Waals surface area contributed by atoms with Crippen LogP contribution in [0.4, 0.5) is 15.8 Å². The van der Waals surface area contributed by atoms with E-state index in [1.54, 1.807) is 19.9 Å². The summed E-state index contributed by atoms with van der Waals surface area (Å²) in [5.74, 6) is -1.98. The molecule has 0 unspecified atom stereocenters. The van der Waals surface area contributed by atoms with Gasteiger partial charge in [-0.3, -0.25) is 24.0 Å². The lowest BCUT2D eigenvalue weighted by Gasteiger charge is -2.32. The van der Waals surface area contributed by atoms with Crippen molar-refractivity contribution in [3.63, 3.8) is 0 Å². The largest absolute Gasteiger partial charge is 0.495 e. The van der Waals surface area contributed by atoms with Gasteiger partial charge < -0.3 is 15.0 Å². The molecule has 13 heteroatoms. The van der Waals surface area contributed by atoms with Gasteiger partial charge in [0.25, 0.3) is 5.69 Å². The number of hydrogen-bond donors (Lipinski definition) is 1. The van der Waals surface area contributed by atoms with Gasteiger partial charge in [-0.25, -0.2) is 12.8 Å². The molecule has 0 spiro atoms. The molecule has 0 aromatic heterocycles. The van der Waals surface area contributed by atoms with Crippen molar-refractivity contribution in [1.82, 2.24) is 10.2 Å². The highest BCUT2D eigenvalue weighted by atomic mass is 32.2. The smallest absolute Gasteiger partial charge is 0.271 e. The summed E-state index contributed by atoms with van der Waals surface area (Å²) in [6, 6.07) is 7.67. The highest BCUT2D eigenvalue weighted by molar-refractivity contribution is 7.92. The number of halogens is 1. The van der Waals surface area contributed by atoms with Crippen LogP contribution < -0.4 is 14.4 Å². The van der Waals surface area contributed by atoms with Crippen LogP contribution >= 0.6 is 0 Å². The van der Waals surface area contributed by atoms with E-state index in [0.29, 0.717) is 4.31 Å². The number of sulfonamides is 1. The van der Waals surface area contributed by atoms with Crippen molar-refractivity contribution in [3.8, 4) is 5.75 Å². The number of ether oxygens (including phenoxy) is 1. The molecule has 0 aliphatic carbocycles. The third kappa shape index (κ3) is 7.13. The molecule has 2 aromatic rings. The molecule has 0 aliphatic rings. The Kier molecular flexibility index (Phi) is 9.34. The van der Waals surface area contributed by atoms with Gasteiger partial charge in [0.15, 0.2) is 0 Å². The molecule has 1 atom stereocenters. The molecular formula is C23H29FN4O7S. The van der Waals surface area contributed by atoms with Crippen molar-refractivity contribution < 1.29 is 32.1 Å². The summed E-state index contributed by atoms with van der Waals surface area (Å²) in [7, 11) is -2.91. The zero-order valence-corrected chi connectivity index (χ0v) is 21.4. The molecule has 0 saturated heterocycles. The van der Waals surface area contributed by atoms with Crippen molar-refractivity contribution in [2.75, 3.05) is 24.2 Å². The summed E-state index contributed by atoms with van der Waals surface area (Å²) in [5, 5.41) is 14.0. The van der Waals surface area contributed by atoms with Crippen LogP contribution in [0, 0.1) is 15.9 Å². The van der Waals surface area contributed by atoms with Crippen molar-refractivity contribution >= 4 is 33.2 Å². The van der Waals surface area contributed by atoms with E-state index in [9.17, 15) is 32.5 Å². The molecule has 2 amide bonds. The Balaban J connectivity index is 2.53. The van der Waals surface area contributed by atoms with Crippen molar-refractivity contribution in [2.24, 2.45) is 0 Å². The monoisotopic (exact) mass is 524 g/mol. The molecule has 2 aromatic carbocycles. The molecule has 1 N–H and O–H groups in total. The molecule has 0 heterocycles. The Morgan fingerprint density at radius 2 is 1.81 bits per heavy atom. The third-order valence-electron chi connectivity index (χ3n) is 5.22. The molecule has 0 fully saturated rings. The van der Waals surface area contributed by atoms with Crippen LogP contribution in [0.3, 0.4) is 0 Å². The Morgan fingerprint density at radius 1 is 1.17 bits per heavy atom. The maximum atomic E-state index is 14.4. The average molecular weight is 525 g/mol. The quantitative estimate of drug-likeness (QED) is 0.352. The van der Waals surface area contributed by atoms with E-state index < -0.39 is 50.9 Å². The number of nitro groups is 1. The van der Waals surface area contributed by atoms with Crippen LogP contribution in [0.1, 0.15) is 26.3 Å². The normalized spacial score (nSPS) is 12.1. The summed E-state index contributed by atoms with van der Waals surface area (Å²) >= 11 is 0. The fourth-order valence-electron chi connectivity index (χ4n) is 3.38. The molecule has 0 bridgehead atoms. The number of carbonyl (C=O) groups is 2. The summed E-state index contributed by atoms with van der Waals surface area (Å²) < 4.78 is 45.6. The number of nitro benzene ring substituents is 1. The standard InChI is InChI=1S/C23H29FN4O7S/c1-15(2)25-23(30)16(3)26(13-17-8-6-7-9-19(17)24)22(29)14-27(36(5,33)34)20-12-18(28(31)32)10-11-21(20)35-4/h6-12,15-16H,13-14H2,1-5H3,(H,25,30)/t16-/m1/s1. The molecular weight excluding hydrogens is 495 g/mol. The highest BCUT2D eigenvalue weighted by Gasteiger charge is 2.32. The van der Waals surface area contributed by atoms with Crippen LogP contribution in [0.25, 0.3) is 0 Å². The molecule has 36 heavy (non-hydrogen) atoms. The fourth-order valence-corrected chi connectivity index (χ4v) is 4.22. The summed E-state index contributed by atoms with van der Waals surface area (Å²) in [4.78, 5) is 37.8. The van der Waals surface area contributed by atoms with Crippen molar-refractivity contribution in [2.45, 2.75) is 39.4 Å². The number of benzene rings is 2. The highest BCUT2D eigenvalue weighted by Crippen LogP contribution is 2.34. The molecule has 2 rings (SSSR count). The van der Waals surface area contributed by atoms with Gasteiger partial charge >= 0.3 is 0 Å². The predicted octanol–water partition coefficient (Wildman–Crippen LogP) is 2.45. The molecule has 0 aliphatic heterocycles. The first-order chi connectivity index (χ1) is 16.8. The lowest BCUT2D eigenvalue weighted by molar-refractivity contribution is -0.384. The van der Waals surface area contributed by atoms with Crippen LogP contribution in [0.5, 0.6) is 5.75 Å². The lowest BCUT2D eigenvalue weighted by Crippen LogP contribution is -2.52. The zero-order valence-electron chi connectivity index (χ0n) is 20.6. The molecule has 0 radical (unpaired) electrons. The minimum absolute atomic E-state index is 0.0231. The number of carbonyl (C=O) groups excluding carboxylic acids is 2. The predicted molar refractivity (Wildman–Crippen MR) is 132 cm³/mol. The number of nitrogens with one attached hydrogen (secondary N) is 1. The van der Waals surface area contributed by atoms with Gasteiger partial charge in [0.2, 0.25) is 21.8 Å². The summed E-state index contributed by atoms with van der Waals surface area (Å²) in [5.41, 5.74) is -0.527. The van der Waals surface area contributed by atoms with Gasteiger partial charge in [-0.1, -0.05) is 18.2 Å². The maximum absolute atomic E-state index is 14.4. The second-order valence-corrected chi connectivity index (χ2v) is 10.2. The zero-order chi connectivity index (χ0) is 27.2. The minimum Gasteiger partial charge on any atom is -0.495 e. The number of hydrogen-bond acceptors (Lipinski definition) is 7. The molecule has 196 valence electrons. The third-order valence-corrected chi connectivity index (χ3v) is 6.34. The van der Waals surface area contributed by atoms with Gasteiger partial charge in [-0.15, -0.1) is 0 Å². The first-order valence-electron chi connectivity index (χ1n) is 10.9. The topological polar surface area (TPSA) is 139 Å². The van der Waals surface area contributed by atoms with Crippen LogP contribution in [0.2, 0.25) is 0 Å². The Morgan fingerprint density at radius 3 is 2.33 bits per heavy atom. The first kappa shape index (κ1) is 28.5. The number of rotatable bonds is 11. The Bertz CT molecular complexity index is 1240. The van der Waals surface area contributed by atoms with Gasteiger partial charge in [0.1, 0.15) is 29.8 Å². The number of non-ortho nitro benzene ring substituents is 1. The van der Waals surface area contributed by atoms with E-state index in [-0.39, 0.29) is 29.6 Å². The number of amides is 2. The fraction of sp³-hybridized carbons (Fsp3) is 0.391. The lowest BCUT2D eigenvalue weighted by atomic mass is 10.1. The van der Waals surface area contributed by atoms with E-state index in [0.717, 1.165) is 23.3 Å². The molecule has 0 saturated carbocycles. The SMILES string of the molecule is COc1ccc([N+](=O)[O-])cc1N(CC(=O)N(Cc1ccccc1F)[C@H](C)C(=O)NC(C)C)S(C)(=O)=O. The van der Waals surface area contributed by atoms with E-state index >= 15 is 0 Å². The van der Waals surface area contributed by atoms with Gasteiger partial charge in [0.05, 0.1) is 18.3 Å². The van der Waals surface area contributed by atoms with Crippen molar-refractivity contribution in [3.05, 3.63) is 64.0 Å². The van der Waals surface area contributed by atoms with E-state index in [1.807, 2.05) is 0 Å². The van der Waals surface area contributed by atoms with Crippen LogP contribution in [0.15, 0.2) is 42.5 Å². The molecule has 11 nitrogen and oxygen atoms in total.